The molecule has 0 spiro atoms. The van der Waals surface area contributed by atoms with Crippen molar-refractivity contribution in [3.63, 3.8) is 0 Å². The Balaban J connectivity index is 1.86. The molecular formula is C12H9ClN4OS. The number of thioether (sulfide) groups is 1. The Kier molecular flexibility index (Phi) is 3.12. The van der Waals surface area contributed by atoms with Crippen molar-refractivity contribution in [1.29, 1.82) is 0 Å². The van der Waals surface area contributed by atoms with Crippen LogP contribution in [-0.2, 0) is 4.79 Å². The first kappa shape index (κ1) is 12.4. The monoisotopic (exact) mass is 292 g/mol. The van der Waals surface area contributed by atoms with Gasteiger partial charge < -0.3 is 0 Å². The first-order valence-corrected chi connectivity index (χ1v) is 6.83. The van der Waals surface area contributed by atoms with Gasteiger partial charge in [0.25, 0.3) is 5.91 Å². The highest BCUT2D eigenvalue weighted by Crippen LogP contribution is 2.37. The number of carbonyl (C=O) groups excluding carboxylic acids is 1. The average molecular weight is 293 g/mol. The van der Waals surface area contributed by atoms with Crippen LogP contribution in [0.5, 0.6) is 0 Å². The smallest absolute Gasteiger partial charge is 0.268 e. The fraction of sp³-hybridized carbons (Fsp3) is 0.167. The molecule has 19 heavy (non-hydrogen) atoms. The number of benzene rings is 1. The van der Waals surface area contributed by atoms with Crippen LogP contribution in [0, 0.1) is 6.92 Å². The molecule has 2 heterocycles. The standard InChI is InChI=1S/C12H9ClN4OS/c1-6-14-10(17-16-6)9-11(18)15-12(19-9)7-2-4-8(13)5-3-7/h2-5,9H,1H3,(H,14,16,17). The summed E-state index contributed by atoms with van der Waals surface area (Å²) in [5.41, 5.74) is 0.873. The van der Waals surface area contributed by atoms with Crippen molar-refractivity contribution >= 4 is 34.3 Å². The summed E-state index contributed by atoms with van der Waals surface area (Å²) in [6.45, 7) is 1.79. The summed E-state index contributed by atoms with van der Waals surface area (Å²) in [5.74, 6) is 0.928. The topological polar surface area (TPSA) is 71.0 Å². The van der Waals surface area contributed by atoms with Crippen LogP contribution >= 0.6 is 23.4 Å². The number of aliphatic imine (C=N–C) groups is 1. The van der Waals surface area contributed by atoms with E-state index in [2.05, 4.69) is 20.2 Å². The van der Waals surface area contributed by atoms with Crippen LogP contribution in [0.1, 0.15) is 22.5 Å². The van der Waals surface area contributed by atoms with Gasteiger partial charge in [-0.05, 0) is 19.1 Å². The number of H-pyrrole nitrogens is 1. The predicted octanol–water partition coefficient (Wildman–Crippen LogP) is 2.53. The number of halogens is 1. The molecule has 0 radical (unpaired) electrons. The SMILES string of the molecule is Cc1nc(C2SC(c3ccc(Cl)cc3)=NC2=O)n[nH]1. The molecule has 1 unspecified atom stereocenters. The third kappa shape index (κ3) is 2.41. The minimum absolute atomic E-state index is 0.228. The Bertz CT molecular complexity index is 665. The maximum absolute atomic E-state index is 11.9. The van der Waals surface area contributed by atoms with Crippen molar-refractivity contribution in [3.8, 4) is 0 Å². The van der Waals surface area contributed by atoms with Gasteiger partial charge >= 0.3 is 0 Å². The molecule has 1 aromatic carbocycles. The van der Waals surface area contributed by atoms with Gasteiger partial charge in [0.2, 0.25) is 0 Å². The summed E-state index contributed by atoms with van der Waals surface area (Å²) >= 11 is 7.19. The second-order valence-electron chi connectivity index (χ2n) is 4.04. The van der Waals surface area contributed by atoms with E-state index in [1.165, 1.54) is 11.8 Å². The van der Waals surface area contributed by atoms with Gasteiger partial charge in [-0.2, -0.15) is 5.10 Å². The second-order valence-corrected chi connectivity index (χ2v) is 5.57. The van der Waals surface area contributed by atoms with Crippen molar-refractivity contribution in [2.24, 2.45) is 4.99 Å². The predicted molar refractivity (Wildman–Crippen MR) is 74.4 cm³/mol. The molecule has 0 fully saturated rings. The molecule has 1 atom stereocenters. The molecule has 1 aliphatic heterocycles. The van der Waals surface area contributed by atoms with Gasteiger partial charge in [0, 0.05) is 10.6 Å². The number of nitrogens with one attached hydrogen (secondary N) is 1. The largest absolute Gasteiger partial charge is 0.271 e. The van der Waals surface area contributed by atoms with Crippen LogP contribution in [0.2, 0.25) is 5.02 Å². The third-order valence-electron chi connectivity index (χ3n) is 2.61. The zero-order valence-corrected chi connectivity index (χ0v) is 11.5. The van der Waals surface area contributed by atoms with Gasteiger partial charge in [0.05, 0.1) is 0 Å². The van der Waals surface area contributed by atoms with Crippen LogP contribution in [0.4, 0.5) is 0 Å². The number of aromatic nitrogens is 3. The van der Waals surface area contributed by atoms with Crippen molar-refractivity contribution in [1.82, 2.24) is 15.2 Å². The Morgan fingerprint density at radius 2 is 2.05 bits per heavy atom. The molecule has 0 aliphatic carbocycles. The van der Waals surface area contributed by atoms with Crippen LogP contribution in [0.15, 0.2) is 29.3 Å². The minimum atomic E-state index is -0.462. The highest BCUT2D eigenvalue weighted by molar-refractivity contribution is 8.15. The fourth-order valence-corrected chi connectivity index (χ4v) is 2.84. The molecule has 1 aliphatic rings. The maximum Gasteiger partial charge on any atom is 0.268 e. The summed E-state index contributed by atoms with van der Waals surface area (Å²) < 4.78 is 0. The number of rotatable bonds is 2. The Morgan fingerprint density at radius 3 is 2.68 bits per heavy atom. The number of carbonyl (C=O) groups is 1. The number of hydrogen-bond acceptors (Lipinski definition) is 4. The van der Waals surface area contributed by atoms with Gasteiger partial charge in [0.15, 0.2) is 11.1 Å². The zero-order valence-electron chi connectivity index (χ0n) is 9.92. The lowest BCUT2D eigenvalue weighted by atomic mass is 10.2. The van der Waals surface area contributed by atoms with Crippen LogP contribution in [-0.4, -0.2) is 26.1 Å². The second kappa shape index (κ2) is 4.79. The third-order valence-corrected chi connectivity index (χ3v) is 4.06. The van der Waals surface area contributed by atoms with E-state index in [0.717, 1.165) is 5.56 Å². The maximum atomic E-state index is 11.9. The van der Waals surface area contributed by atoms with Gasteiger partial charge in [0.1, 0.15) is 10.9 Å². The number of aromatic amines is 1. The first-order valence-electron chi connectivity index (χ1n) is 5.57. The lowest BCUT2D eigenvalue weighted by Gasteiger charge is -2.02. The molecule has 3 rings (SSSR count). The van der Waals surface area contributed by atoms with E-state index < -0.39 is 5.25 Å². The first-order chi connectivity index (χ1) is 9.13. The van der Waals surface area contributed by atoms with Crippen molar-refractivity contribution < 1.29 is 4.79 Å². The van der Waals surface area contributed by atoms with E-state index in [4.69, 9.17) is 11.6 Å². The molecule has 2 aromatic rings. The highest BCUT2D eigenvalue weighted by Gasteiger charge is 2.33. The van der Waals surface area contributed by atoms with Crippen molar-refractivity contribution in [2.75, 3.05) is 0 Å². The zero-order chi connectivity index (χ0) is 13.4. The quantitative estimate of drug-likeness (QED) is 0.923. The van der Waals surface area contributed by atoms with Gasteiger partial charge in [-0.15, -0.1) is 0 Å². The Hall–Kier alpha value is -1.66. The molecule has 1 aromatic heterocycles. The molecule has 0 saturated carbocycles. The van der Waals surface area contributed by atoms with Gasteiger partial charge in [-0.1, -0.05) is 35.5 Å². The number of aryl methyl sites for hydroxylation is 1. The minimum Gasteiger partial charge on any atom is -0.271 e. The molecule has 1 N–H and O–H groups in total. The van der Waals surface area contributed by atoms with E-state index in [-0.39, 0.29) is 5.91 Å². The lowest BCUT2D eigenvalue weighted by molar-refractivity contribution is -0.117. The highest BCUT2D eigenvalue weighted by atomic mass is 35.5. The lowest BCUT2D eigenvalue weighted by Crippen LogP contribution is -2.03. The summed E-state index contributed by atoms with van der Waals surface area (Å²) in [6, 6.07) is 7.23. The van der Waals surface area contributed by atoms with Crippen molar-refractivity contribution in [3.05, 3.63) is 46.5 Å². The van der Waals surface area contributed by atoms with E-state index in [1.807, 2.05) is 12.1 Å². The number of hydrogen-bond donors (Lipinski definition) is 1. The van der Waals surface area contributed by atoms with E-state index >= 15 is 0 Å². The Labute approximate surface area is 118 Å². The van der Waals surface area contributed by atoms with Crippen molar-refractivity contribution in [2.45, 2.75) is 12.2 Å². The molecule has 0 saturated heterocycles. The van der Waals surface area contributed by atoms with Gasteiger partial charge in [-0.3, -0.25) is 9.89 Å². The van der Waals surface area contributed by atoms with E-state index in [9.17, 15) is 4.79 Å². The van der Waals surface area contributed by atoms with E-state index in [1.54, 1.807) is 19.1 Å². The molecule has 96 valence electrons. The summed E-state index contributed by atoms with van der Waals surface area (Å²) in [4.78, 5) is 20.1. The van der Waals surface area contributed by atoms with Crippen LogP contribution in [0.25, 0.3) is 0 Å². The number of nitrogens with zero attached hydrogens (tertiary/aromatic N) is 3. The van der Waals surface area contributed by atoms with Crippen LogP contribution in [0.3, 0.4) is 0 Å². The summed E-state index contributed by atoms with van der Waals surface area (Å²) in [7, 11) is 0. The summed E-state index contributed by atoms with van der Waals surface area (Å²) in [6.07, 6.45) is 0. The van der Waals surface area contributed by atoms with Gasteiger partial charge in [-0.25, -0.2) is 9.98 Å². The average Bonchev–Trinajstić information content (AvgIpc) is 2.96. The van der Waals surface area contributed by atoms with E-state index in [0.29, 0.717) is 21.7 Å². The normalized spacial score (nSPS) is 18.7. The fourth-order valence-electron chi connectivity index (χ4n) is 1.71. The molecule has 5 nitrogen and oxygen atoms in total. The molecular weight excluding hydrogens is 284 g/mol. The Morgan fingerprint density at radius 1 is 1.32 bits per heavy atom. The van der Waals surface area contributed by atoms with Crippen LogP contribution < -0.4 is 0 Å². The summed E-state index contributed by atoms with van der Waals surface area (Å²) in [5, 5.41) is 7.62. The molecule has 1 amide bonds. The number of amides is 1. The molecule has 7 heteroatoms. The molecule has 0 bridgehead atoms.